The van der Waals surface area contributed by atoms with E-state index in [-0.39, 0.29) is 17.9 Å². The highest BCUT2D eigenvalue weighted by Crippen LogP contribution is 2.46. The van der Waals surface area contributed by atoms with Gasteiger partial charge in [0.15, 0.2) is 0 Å². The topological polar surface area (TPSA) is 30.0 Å². The zero-order valence-corrected chi connectivity index (χ0v) is 17.4. The Labute approximate surface area is 168 Å². The monoisotopic (exact) mass is 388 g/mol. The van der Waals surface area contributed by atoms with E-state index in [1.165, 1.54) is 32.0 Å². The number of piperidine rings is 1. The molecule has 1 aromatic carbocycles. The van der Waals surface area contributed by atoms with Crippen LogP contribution in [0.3, 0.4) is 0 Å². The van der Waals surface area contributed by atoms with Gasteiger partial charge in [0, 0.05) is 45.7 Å². The normalized spacial score (nSPS) is 29.3. The van der Waals surface area contributed by atoms with Crippen LogP contribution in [0, 0.1) is 17.7 Å². The molecule has 3 aliphatic rings. The standard InChI is InChI=1S/C22H33FN4O/c1-4-25-10-8-19(9-11-25)26-13-17-14-27(22(28)24(2)3)21(20(17)15-26)16-6-5-7-18(23)12-16/h5-7,12,17,19-21H,4,8-11,13-15H2,1-3H3/t17-,20-,21-/m1/s1. The quantitative estimate of drug-likeness (QED) is 0.798. The summed E-state index contributed by atoms with van der Waals surface area (Å²) in [5, 5.41) is 0. The number of carbonyl (C=O) groups excluding carboxylic acids is 1. The Balaban J connectivity index is 1.53. The molecule has 1 aromatic rings. The molecule has 0 aliphatic carbocycles. The molecule has 0 saturated carbocycles. The van der Waals surface area contributed by atoms with Crippen molar-refractivity contribution in [1.29, 1.82) is 0 Å². The van der Waals surface area contributed by atoms with Gasteiger partial charge in [-0.3, -0.25) is 4.90 Å². The summed E-state index contributed by atoms with van der Waals surface area (Å²) in [6.45, 7) is 8.59. The van der Waals surface area contributed by atoms with Gasteiger partial charge in [0.2, 0.25) is 0 Å². The number of likely N-dealkylation sites (tertiary alicyclic amines) is 3. The molecular weight excluding hydrogens is 355 g/mol. The van der Waals surface area contributed by atoms with Crippen molar-refractivity contribution in [2.45, 2.75) is 31.8 Å². The van der Waals surface area contributed by atoms with Gasteiger partial charge in [-0.05, 0) is 56.1 Å². The van der Waals surface area contributed by atoms with Crippen molar-refractivity contribution in [2.75, 3.05) is 53.4 Å². The number of halogens is 1. The van der Waals surface area contributed by atoms with Gasteiger partial charge < -0.3 is 14.7 Å². The van der Waals surface area contributed by atoms with Gasteiger partial charge in [-0.25, -0.2) is 9.18 Å². The number of rotatable bonds is 3. The molecule has 3 saturated heterocycles. The van der Waals surface area contributed by atoms with Crippen molar-refractivity contribution in [2.24, 2.45) is 11.8 Å². The highest BCUT2D eigenvalue weighted by Gasteiger charge is 2.50. The number of amides is 2. The molecule has 5 nitrogen and oxygen atoms in total. The van der Waals surface area contributed by atoms with Crippen molar-refractivity contribution < 1.29 is 9.18 Å². The predicted octanol–water partition coefficient (Wildman–Crippen LogP) is 2.90. The highest BCUT2D eigenvalue weighted by atomic mass is 19.1. The fourth-order valence-electron chi connectivity index (χ4n) is 5.55. The Morgan fingerprint density at radius 2 is 1.93 bits per heavy atom. The number of benzene rings is 1. The van der Waals surface area contributed by atoms with Crippen LogP contribution in [0.15, 0.2) is 24.3 Å². The summed E-state index contributed by atoms with van der Waals surface area (Å²) < 4.78 is 14.0. The van der Waals surface area contributed by atoms with E-state index in [1.807, 2.05) is 11.0 Å². The van der Waals surface area contributed by atoms with Gasteiger partial charge in [0.1, 0.15) is 5.82 Å². The van der Waals surface area contributed by atoms with Crippen LogP contribution in [0.2, 0.25) is 0 Å². The van der Waals surface area contributed by atoms with Crippen LogP contribution in [0.4, 0.5) is 9.18 Å². The summed E-state index contributed by atoms with van der Waals surface area (Å²) >= 11 is 0. The first-order valence-electron chi connectivity index (χ1n) is 10.7. The van der Waals surface area contributed by atoms with Gasteiger partial charge in [-0.15, -0.1) is 0 Å². The molecule has 0 spiro atoms. The number of urea groups is 1. The van der Waals surface area contributed by atoms with Crippen LogP contribution in [0.1, 0.15) is 31.4 Å². The number of fused-ring (bicyclic) bond motifs is 1. The zero-order chi connectivity index (χ0) is 19.8. The minimum absolute atomic E-state index is 0.0312. The molecule has 6 heteroatoms. The first-order chi connectivity index (χ1) is 13.5. The lowest BCUT2D eigenvalue weighted by Crippen LogP contribution is -2.46. The first kappa shape index (κ1) is 19.6. The Kier molecular flexibility index (Phi) is 5.61. The second-order valence-electron chi connectivity index (χ2n) is 8.87. The van der Waals surface area contributed by atoms with Crippen molar-refractivity contribution in [3.8, 4) is 0 Å². The molecule has 0 N–H and O–H groups in total. The molecule has 0 unspecified atom stereocenters. The van der Waals surface area contributed by atoms with E-state index in [2.05, 4.69) is 16.7 Å². The Morgan fingerprint density at radius 1 is 1.18 bits per heavy atom. The minimum atomic E-state index is -0.222. The van der Waals surface area contributed by atoms with Crippen LogP contribution in [-0.2, 0) is 0 Å². The van der Waals surface area contributed by atoms with Gasteiger partial charge in [0.05, 0.1) is 6.04 Å². The van der Waals surface area contributed by atoms with E-state index < -0.39 is 0 Å². The van der Waals surface area contributed by atoms with Gasteiger partial charge in [-0.1, -0.05) is 19.1 Å². The lowest BCUT2D eigenvalue weighted by molar-refractivity contribution is 0.111. The van der Waals surface area contributed by atoms with Crippen LogP contribution < -0.4 is 0 Å². The summed E-state index contributed by atoms with van der Waals surface area (Å²) in [6, 6.07) is 7.50. The van der Waals surface area contributed by atoms with Crippen molar-refractivity contribution in [3.05, 3.63) is 35.6 Å². The Hall–Kier alpha value is -1.66. The molecule has 0 bridgehead atoms. The van der Waals surface area contributed by atoms with E-state index in [0.29, 0.717) is 17.9 Å². The Morgan fingerprint density at radius 3 is 2.57 bits per heavy atom. The summed E-state index contributed by atoms with van der Waals surface area (Å²) in [4.78, 5) is 21.6. The van der Waals surface area contributed by atoms with E-state index in [1.54, 1.807) is 31.1 Å². The molecule has 28 heavy (non-hydrogen) atoms. The SMILES string of the molecule is CCN1CCC(N2C[C@@H]3CN(C(=O)N(C)C)[C@H](c4cccc(F)c4)[C@@H]3C2)CC1. The molecule has 3 heterocycles. The third-order valence-corrected chi connectivity index (χ3v) is 7.03. The summed E-state index contributed by atoms with van der Waals surface area (Å²) in [6.07, 6.45) is 2.47. The maximum Gasteiger partial charge on any atom is 0.320 e. The average molecular weight is 389 g/mol. The number of carbonyl (C=O) groups is 1. The van der Waals surface area contributed by atoms with Gasteiger partial charge >= 0.3 is 6.03 Å². The molecule has 4 rings (SSSR count). The largest absolute Gasteiger partial charge is 0.331 e. The summed E-state index contributed by atoms with van der Waals surface area (Å²) in [5.74, 6) is 0.635. The maximum absolute atomic E-state index is 14.0. The molecule has 3 aliphatic heterocycles. The van der Waals surface area contributed by atoms with Gasteiger partial charge in [0.25, 0.3) is 0 Å². The van der Waals surface area contributed by atoms with Crippen molar-refractivity contribution in [3.63, 3.8) is 0 Å². The van der Waals surface area contributed by atoms with E-state index in [0.717, 1.165) is 31.7 Å². The van der Waals surface area contributed by atoms with Crippen LogP contribution >= 0.6 is 0 Å². The second kappa shape index (κ2) is 7.99. The molecular formula is C22H33FN4O. The fourth-order valence-corrected chi connectivity index (χ4v) is 5.55. The fraction of sp³-hybridized carbons (Fsp3) is 0.682. The smallest absolute Gasteiger partial charge is 0.320 e. The van der Waals surface area contributed by atoms with Crippen molar-refractivity contribution >= 4 is 6.03 Å². The van der Waals surface area contributed by atoms with E-state index >= 15 is 0 Å². The molecule has 2 amide bonds. The number of nitrogens with zero attached hydrogens (tertiary/aromatic N) is 4. The lowest BCUT2D eigenvalue weighted by Gasteiger charge is -2.38. The third-order valence-electron chi connectivity index (χ3n) is 7.03. The highest BCUT2D eigenvalue weighted by molar-refractivity contribution is 5.75. The first-order valence-corrected chi connectivity index (χ1v) is 10.7. The van der Waals surface area contributed by atoms with Crippen LogP contribution in [0.5, 0.6) is 0 Å². The zero-order valence-electron chi connectivity index (χ0n) is 17.4. The lowest BCUT2D eigenvalue weighted by atomic mass is 9.89. The Bertz CT molecular complexity index is 704. The number of hydrogen-bond donors (Lipinski definition) is 0. The maximum atomic E-state index is 14.0. The molecule has 154 valence electrons. The second-order valence-corrected chi connectivity index (χ2v) is 8.87. The molecule has 0 aromatic heterocycles. The summed E-state index contributed by atoms with van der Waals surface area (Å²) in [7, 11) is 3.60. The molecule has 0 radical (unpaired) electrons. The third kappa shape index (κ3) is 3.64. The number of hydrogen-bond acceptors (Lipinski definition) is 3. The van der Waals surface area contributed by atoms with Crippen molar-refractivity contribution in [1.82, 2.24) is 19.6 Å². The van der Waals surface area contributed by atoms with Crippen LogP contribution in [-0.4, -0.2) is 85.0 Å². The summed E-state index contributed by atoms with van der Waals surface area (Å²) in [5.41, 5.74) is 0.936. The van der Waals surface area contributed by atoms with Crippen LogP contribution in [0.25, 0.3) is 0 Å². The van der Waals surface area contributed by atoms with E-state index in [9.17, 15) is 9.18 Å². The minimum Gasteiger partial charge on any atom is -0.331 e. The predicted molar refractivity (Wildman–Crippen MR) is 109 cm³/mol. The molecule has 3 fully saturated rings. The average Bonchev–Trinajstić information content (AvgIpc) is 3.25. The van der Waals surface area contributed by atoms with Gasteiger partial charge in [-0.2, -0.15) is 0 Å². The molecule has 3 atom stereocenters. The van der Waals surface area contributed by atoms with E-state index in [4.69, 9.17) is 0 Å².